The molecule has 12 rings (SSSR count). The predicted octanol–water partition coefficient (Wildman–Crippen LogP) is 17.2. The summed E-state index contributed by atoms with van der Waals surface area (Å²) < 4.78 is 9.26. The second-order valence-corrected chi connectivity index (χ2v) is 16.9. The normalized spacial score (nSPS) is 11.7. The van der Waals surface area contributed by atoms with E-state index in [1.165, 1.54) is 53.0 Å². The highest BCUT2D eigenvalue weighted by atomic mass is 32.1. The van der Waals surface area contributed by atoms with Crippen LogP contribution in [0.4, 0.5) is 34.1 Å². The van der Waals surface area contributed by atoms with E-state index in [1.807, 2.05) is 11.3 Å². The molecular weight excluding hydrogens is 761 g/mol. The summed E-state index contributed by atoms with van der Waals surface area (Å²) in [6.45, 7) is 2.16. The number of para-hydroxylation sites is 1. The van der Waals surface area contributed by atoms with Crippen molar-refractivity contribution < 1.29 is 4.42 Å². The molecule has 0 unspecified atom stereocenters. The van der Waals surface area contributed by atoms with Crippen molar-refractivity contribution in [3.63, 3.8) is 0 Å². The Morgan fingerprint density at radius 1 is 0.393 bits per heavy atom. The monoisotopic (exact) mass is 798 g/mol. The van der Waals surface area contributed by atoms with E-state index in [-0.39, 0.29) is 0 Å². The first kappa shape index (κ1) is 35.3. The Balaban J connectivity index is 1.08. The lowest BCUT2D eigenvalue weighted by Gasteiger charge is -2.28. The van der Waals surface area contributed by atoms with E-state index in [4.69, 9.17) is 4.42 Å². The van der Waals surface area contributed by atoms with Crippen LogP contribution in [0.5, 0.6) is 0 Å². The second-order valence-electron chi connectivity index (χ2n) is 15.8. The van der Waals surface area contributed by atoms with Crippen molar-refractivity contribution in [2.45, 2.75) is 6.92 Å². The Morgan fingerprint density at radius 2 is 1.05 bits per heavy atom. The molecule has 0 saturated carbocycles. The van der Waals surface area contributed by atoms with Gasteiger partial charge in [0, 0.05) is 70.5 Å². The average molecular weight is 799 g/mol. The standard InChI is InChI=1S/C57H38N2OS/c1-37-14-12-20-41(34-37)58(40-18-6-3-7-19-40)52-24-13-25-54-56(52)50-31-28-43(36-55(50)61-54)59(51-33-32-44(38-15-4-2-5-16-38)46-22-10-11-23-47(46)51)42-27-30-48-49-29-26-39-17-8-9-21-45(39)57(49)60-53(48)35-42/h2-36H,1H3. The zero-order chi connectivity index (χ0) is 40.4. The van der Waals surface area contributed by atoms with Crippen LogP contribution in [0.1, 0.15) is 5.56 Å². The number of rotatable bonds is 7. The van der Waals surface area contributed by atoms with Gasteiger partial charge in [-0.3, -0.25) is 0 Å². The van der Waals surface area contributed by atoms with Gasteiger partial charge in [0.2, 0.25) is 0 Å². The summed E-state index contributed by atoms with van der Waals surface area (Å²) in [5, 5.41) is 9.40. The molecule has 3 nitrogen and oxygen atoms in total. The average Bonchev–Trinajstić information content (AvgIpc) is 3.88. The highest BCUT2D eigenvalue weighted by molar-refractivity contribution is 7.26. The molecule has 0 atom stereocenters. The highest BCUT2D eigenvalue weighted by Crippen LogP contribution is 2.49. The topological polar surface area (TPSA) is 19.6 Å². The van der Waals surface area contributed by atoms with Crippen LogP contribution >= 0.6 is 11.3 Å². The van der Waals surface area contributed by atoms with Crippen molar-refractivity contribution in [1.29, 1.82) is 0 Å². The number of nitrogens with zero attached hydrogens (tertiary/aromatic N) is 2. The molecule has 0 aliphatic carbocycles. The largest absolute Gasteiger partial charge is 0.455 e. The van der Waals surface area contributed by atoms with Gasteiger partial charge < -0.3 is 14.2 Å². The molecule has 4 heteroatoms. The molecule has 0 aliphatic heterocycles. The summed E-state index contributed by atoms with van der Waals surface area (Å²) in [5.41, 5.74) is 12.1. The van der Waals surface area contributed by atoms with E-state index in [1.54, 1.807) is 0 Å². The number of aryl methyl sites for hydroxylation is 1. The summed E-state index contributed by atoms with van der Waals surface area (Å²) in [7, 11) is 0. The number of hydrogen-bond donors (Lipinski definition) is 0. The summed E-state index contributed by atoms with van der Waals surface area (Å²) >= 11 is 1.85. The molecule has 0 saturated heterocycles. The van der Waals surface area contributed by atoms with Crippen molar-refractivity contribution in [1.82, 2.24) is 0 Å². The number of fused-ring (bicyclic) bond motifs is 9. The maximum atomic E-state index is 6.79. The minimum atomic E-state index is 0.865. The van der Waals surface area contributed by atoms with E-state index >= 15 is 0 Å². The Labute approximate surface area is 357 Å². The van der Waals surface area contributed by atoms with Crippen molar-refractivity contribution in [2.75, 3.05) is 9.80 Å². The Bertz CT molecular complexity index is 3620. The number of furan rings is 1. The van der Waals surface area contributed by atoms with E-state index in [0.717, 1.165) is 61.4 Å². The lowest BCUT2D eigenvalue weighted by molar-refractivity contribution is 0.672. The van der Waals surface area contributed by atoms with Gasteiger partial charge in [0.05, 0.1) is 11.4 Å². The van der Waals surface area contributed by atoms with Gasteiger partial charge in [-0.05, 0) is 107 Å². The van der Waals surface area contributed by atoms with Crippen LogP contribution in [0.2, 0.25) is 0 Å². The van der Waals surface area contributed by atoms with Gasteiger partial charge in [0.1, 0.15) is 11.2 Å². The minimum absolute atomic E-state index is 0.865. The summed E-state index contributed by atoms with van der Waals surface area (Å²) in [4.78, 5) is 4.81. The van der Waals surface area contributed by atoms with Crippen molar-refractivity contribution in [3.05, 3.63) is 218 Å². The zero-order valence-electron chi connectivity index (χ0n) is 33.4. The first-order valence-corrected chi connectivity index (χ1v) is 21.6. The quantitative estimate of drug-likeness (QED) is 0.160. The van der Waals surface area contributed by atoms with Crippen LogP contribution in [-0.2, 0) is 0 Å². The predicted molar refractivity (Wildman–Crippen MR) is 261 cm³/mol. The first-order valence-electron chi connectivity index (χ1n) is 20.7. The fourth-order valence-electron chi connectivity index (χ4n) is 9.30. The van der Waals surface area contributed by atoms with Gasteiger partial charge in [-0.15, -0.1) is 11.3 Å². The maximum absolute atomic E-state index is 6.79. The SMILES string of the molecule is Cc1cccc(N(c2ccccc2)c2cccc3sc4cc(N(c5ccc6c(c5)oc5c7ccccc7ccc65)c5ccc(-c6ccccc6)c6ccccc56)ccc4c23)c1. The summed E-state index contributed by atoms with van der Waals surface area (Å²) in [5.74, 6) is 0. The van der Waals surface area contributed by atoms with Gasteiger partial charge in [-0.25, -0.2) is 0 Å². The Hall–Kier alpha value is -7.66. The van der Waals surface area contributed by atoms with Gasteiger partial charge in [-0.2, -0.15) is 0 Å². The van der Waals surface area contributed by atoms with Crippen LogP contribution in [0.3, 0.4) is 0 Å². The smallest absolute Gasteiger partial charge is 0.143 e. The van der Waals surface area contributed by atoms with E-state index in [0.29, 0.717) is 0 Å². The third-order valence-electron chi connectivity index (χ3n) is 12.1. The van der Waals surface area contributed by atoms with Crippen molar-refractivity contribution in [3.8, 4) is 11.1 Å². The lowest BCUT2D eigenvalue weighted by atomic mass is 9.96. The molecule has 0 N–H and O–H groups in total. The molecule has 0 fully saturated rings. The van der Waals surface area contributed by atoms with Crippen LogP contribution in [0.15, 0.2) is 217 Å². The van der Waals surface area contributed by atoms with Crippen LogP contribution in [0.25, 0.3) is 74.8 Å². The summed E-state index contributed by atoms with van der Waals surface area (Å²) in [6, 6.07) is 76.8. The minimum Gasteiger partial charge on any atom is -0.455 e. The van der Waals surface area contributed by atoms with Crippen LogP contribution < -0.4 is 9.80 Å². The molecule has 0 aliphatic rings. The molecular formula is C57H38N2OS. The van der Waals surface area contributed by atoms with Gasteiger partial charge in [-0.1, -0.05) is 133 Å². The van der Waals surface area contributed by atoms with E-state index in [2.05, 4.69) is 229 Å². The Morgan fingerprint density at radius 3 is 1.89 bits per heavy atom. The molecule has 12 aromatic rings. The second kappa shape index (κ2) is 14.3. The number of anilines is 6. The number of thiophene rings is 1. The molecule has 2 heterocycles. The molecule has 2 aromatic heterocycles. The highest BCUT2D eigenvalue weighted by Gasteiger charge is 2.23. The van der Waals surface area contributed by atoms with Gasteiger partial charge in [0.15, 0.2) is 0 Å². The number of benzene rings is 10. The zero-order valence-corrected chi connectivity index (χ0v) is 34.2. The lowest BCUT2D eigenvalue weighted by Crippen LogP contribution is -2.11. The maximum Gasteiger partial charge on any atom is 0.143 e. The van der Waals surface area contributed by atoms with Crippen LogP contribution in [0, 0.1) is 6.92 Å². The fraction of sp³-hybridized carbons (Fsp3) is 0.0175. The molecule has 288 valence electrons. The van der Waals surface area contributed by atoms with Crippen molar-refractivity contribution in [2.24, 2.45) is 0 Å². The van der Waals surface area contributed by atoms with Gasteiger partial charge in [0.25, 0.3) is 0 Å². The van der Waals surface area contributed by atoms with Crippen LogP contribution in [-0.4, -0.2) is 0 Å². The molecule has 0 amide bonds. The van der Waals surface area contributed by atoms with E-state index in [9.17, 15) is 0 Å². The summed E-state index contributed by atoms with van der Waals surface area (Å²) in [6.07, 6.45) is 0. The molecule has 0 spiro atoms. The number of hydrogen-bond acceptors (Lipinski definition) is 4. The van der Waals surface area contributed by atoms with E-state index < -0.39 is 0 Å². The molecule has 0 radical (unpaired) electrons. The third kappa shape index (κ3) is 5.87. The van der Waals surface area contributed by atoms with Crippen molar-refractivity contribution >= 4 is 109 Å². The molecule has 61 heavy (non-hydrogen) atoms. The first-order chi connectivity index (χ1) is 30.2. The third-order valence-corrected chi connectivity index (χ3v) is 13.2. The molecule has 10 aromatic carbocycles. The van der Waals surface area contributed by atoms with Gasteiger partial charge >= 0.3 is 0 Å². The Kier molecular flexibility index (Phi) is 8.25. The molecule has 0 bridgehead atoms. The fourth-order valence-corrected chi connectivity index (χ4v) is 10.5.